The van der Waals surface area contributed by atoms with Crippen LogP contribution in [0.1, 0.15) is 39.2 Å². The van der Waals surface area contributed by atoms with Gasteiger partial charge in [-0.25, -0.2) is 0 Å². The van der Waals surface area contributed by atoms with Gasteiger partial charge in [0.25, 0.3) is 5.91 Å². The van der Waals surface area contributed by atoms with Crippen molar-refractivity contribution in [3.8, 4) is 6.07 Å². The van der Waals surface area contributed by atoms with E-state index < -0.39 is 34.5 Å². The molecule has 0 unspecified atom stereocenters. The van der Waals surface area contributed by atoms with Gasteiger partial charge in [0.15, 0.2) is 0 Å². The van der Waals surface area contributed by atoms with Gasteiger partial charge in [-0.15, -0.1) is 11.3 Å². The molecule has 3 rings (SSSR count). The zero-order valence-corrected chi connectivity index (χ0v) is 15.9. The Labute approximate surface area is 170 Å². The smallest absolute Gasteiger partial charge is 0.338 e. The third kappa shape index (κ3) is 3.81. The number of hydrogen-bond donors (Lipinski definition) is 2. The van der Waals surface area contributed by atoms with Gasteiger partial charge in [-0.2, -0.15) is 31.6 Å². The first kappa shape index (κ1) is 21.9. The molecule has 0 aliphatic heterocycles. The predicted octanol–water partition coefficient (Wildman–Crippen LogP) is 4.56. The Morgan fingerprint density at radius 1 is 1.13 bits per heavy atom. The van der Waals surface area contributed by atoms with E-state index in [0.29, 0.717) is 41.0 Å². The van der Waals surface area contributed by atoms with E-state index in [1.54, 1.807) is 6.07 Å². The number of nitrogens with one attached hydrogen (secondary N) is 2. The number of alkyl halides is 6. The number of fused-ring (bicyclic) bond motifs is 1. The Bertz CT molecular complexity index is 964. The van der Waals surface area contributed by atoms with Gasteiger partial charge in [0.1, 0.15) is 11.1 Å². The second kappa shape index (κ2) is 7.79. The van der Waals surface area contributed by atoms with Crippen molar-refractivity contribution in [3.63, 3.8) is 0 Å². The van der Waals surface area contributed by atoms with Crippen molar-refractivity contribution < 1.29 is 31.1 Å². The number of aryl methyl sites for hydroxylation is 1. The molecule has 0 bridgehead atoms. The topological polar surface area (TPSA) is 77.8 Å². The molecule has 12 heteroatoms. The number of amides is 1. The second-order valence-corrected chi connectivity index (χ2v) is 7.70. The van der Waals surface area contributed by atoms with Crippen LogP contribution in [-0.2, 0) is 12.8 Å². The van der Waals surface area contributed by atoms with Crippen LogP contribution in [0.25, 0.3) is 0 Å². The number of nitrogens with zero attached hydrogens (tertiary/aromatic N) is 2. The van der Waals surface area contributed by atoms with Crippen LogP contribution in [0, 0.1) is 11.3 Å². The maximum atomic E-state index is 13.9. The number of carbonyl (C=O) groups excluding carboxylic acids is 1. The highest BCUT2D eigenvalue weighted by molar-refractivity contribution is 7.16. The van der Waals surface area contributed by atoms with Crippen LogP contribution >= 0.6 is 11.3 Å². The van der Waals surface area contributed by atoms with Gasteiger partial charge in [-0.3, -0.25) is 9.78 Å². The first-order valence-electron chi connectivity index (χ1n) is 8.69. The average molecular weight is 448 g/mol. The second-order valence-electron chi connectivity index (χ2n) is 6.59. The fraction of sp³-hybridized carbons (Fsp3) is 0.389. The standard InChI is InChI=1S/C18H14F6N4OS/c19-17(20,21)16(18(22,23)24,27-14(29)10-4-3-7-26-9-10)28-15-12(8-25)11-5-1-2-6-13(11)30-15/h3-4,7,9,28H,1-2,5-6H2,(H,27,29). The average Bonchev–Trinajstić information content (AvgIpc) is 3.03. The molecule has 0 saturated heterocycles. The molecule has 0 saturated carbocycles. The molecule has 2 aromatic heterocycles. The molecule has 0 aromatic carbocycles. The summed E-state index contributed by atoms with van der Waals surface area (Å²) in [5.41, 5.74) is -5.09. The Balaban J connectivity index is 2.10. The van der Waals surface area contributed by atoms with Crippen LogP contribution in [0.3, 0.4) is 0 Å². The maximum Gasteiger partial charge on any atom is 0.439 e. The molecular weight excluding hydrogens is 434 g/mol. The quantitative estimate of drug-likeness (QED) is 0.531. The number of rotatable bonds is 4. The number of thiophene rings is 1. The van der Waals surface area contributed by atoms with E-state index in [9.17, 15) is 36.4 Å². The molecular formula is C18H14F6N4OS. The third-order valence-corrected chi connectivity index (χ3v) is 5.87. The van der Waals surface area contributed by atoms with E-state index in [-0.39, 0.29) is 5.56 Å². The van der Waals surface area contributed by atoms with E-state index in [4.69, 9.17) is 0 Å². The molecule has 1 amide bonds. The van der Waals surface area contributed by atoms with E-state index in [0.717, 1.165) is 24.0 Å². The highest BCUT2D eigenvalue weighted by atomic mass is 32.1. The molecule has 30 heavy (non-hydrogen) atoms. The van der Waals surface area contributed by atoms with Gasteiger partial charge in [0.05, 0.1) is 11.1 Å². The number of carbonyl (C=O) groups is 1. The number of hydrogen-bond acceptors (Lipinski definition) is 5. The molecule has 0 radical (unpaired) electrons. The van der Waals surface area contributed by atoms with Gasteiger partial charge in [0.2, 0.25) is 0 Å². The number of pyridine rings is 1. The van der Waals surface area contributed by atoms with Gasteiger partial charge in [-0.1, -0.05) is 0 Å². The lowest BCUT2D eigenvalue weighted by atomic mass is 9.96. The van der Waals surface area contributed by atoms with Crippen LogP contribution in [0.2, 0.25) is 0 Å². The van der Waals surface area contributed by atoms with Crippen molar-refractivity contribution in [3.05, 3.63) is 46.1 Å². The molecule has 0 fully saturated rings. The molecule has 0 spiro atoms. The van der Waals surface area contributed by atoms with Crippen LogP contribution in [0.4, 0.5) is 31.3 Å². The first-order valence-corrected chi connectivity index (χ1v) is 9.50. The lowest BCUT2D eigenvalue weighted by Gasteiger charge is -2.38. The summed E-state index contributed by atoms with van der Waals surface area (Å²) in [5.74, 6) is -1.62. The molecule has 2 N–H and O–H groups in total. The zero-order valence-electron chi connectivity index (χ0n) is 15.1. The summed E-state index contributed by atoms with van der Waals surface area (Å²) in [5, 5.41) is 11.3. The fourth-order valence-corrected chi connectivity index (χ4v) is 4.45. The van der Waals surface area contributed by atoms with Crippen LogP contribution in [-0.4, -0.2) is 28.9 Å². The van der Waals surface area contributed by atoms with Gasteiger partial charge in [0, 0.05) is 17.3 Å². The SMILES string of the molecule is N#Cc1c(NC(NC(=O)c2cccnc2)(C(F)(F)F)C(F)(F)F)sc2c1CCCC2. The molecule has 1 aliphatic carbocycles. The third-order valence-electron chi connectivity index (χ3n) is 4.66. The van der Waals surface area contributed by atoms with Crippen molar-refractivity contribution in [2.75, 3.05) is 5.32 Å². The Morgan fingerprint density at radius 3 is 2.37 bits per heavy atom. The number of halogens is 6. The Hall–Kier alpha value is -2.81. The van der Waals surface area contributed by atoms with Crippen molar-refractivity contribution >= 4 is 22.2 Å². The lowest BCUT2D eigenvalue weighted by Crippen LogP contribution is -2.72. The van der Waals surface area contributed by atoms with Crippen LogP contribution in [0.5, 0.6) is 0 Å². The Morgan fingerprint density at radius 2 is 1.80 bits per heavy atom. The monoisotopic (exact) mass is 448 g/mol. The highest BCUT2D eigenvalue weighted by Gasteiger charge is 2.73. The Kier molecular flexibility index (Phi) is 5.68. The first-order chi connectivity index (χ1) is 14.0. The lowest BCUT2D eigenvalue weighted by molar-refractivity contribution is -0.293. The normalized spacial score (nSPS) is 14.6. The number of anilines is 1. The molecule has 5 nitrogen and oxygen atoms in total. The summed E-state index contributed by atoms with van der Waals surface area (Å²) in [6.07, 6.45) is -7.63. The summed E-state index contributed by atoms with van der Waals surface area (Å²) < 4.78 is 83.2. The minimum atomic E-state index is -5.97. The van der Waals surface area contributed by atoms with Crippen LogP contribution in [0.15, 0.2) is 24.5 Å². The minimum Gasteiger partial charge on any atom is -0.338 e. The summed E-state index contributed by atoms with van der Waals surface area (Å²) in [6.45, 7) is 0. The van der Waals surface area contributed by atoms with E-state index >= 15 is 0 Å². The fourth-order valence-electron chi connectivity index (χ4n) is 3.16. The highest BCUT2D eigenvalue weighted by Crippen LogP contribution is 2.47. The van der Waals surface area contributed by atoms with E-state index in [1.807, 2.05) is 0 Å². The zero-order chi connectivity index (χ0) is 22.2. The van der Waals surface area contributed by atoms with Gasteiger partial charge >= 0.3 is 18.0 Å². The molecule has 160 valence electrons. The molecule has 1 aliphatic rings. The van der Waals surface area contributed by atoms with E-state index in [1.165, 1.54) is 17.6 Å². The minimum absolute atomic E-state index is 0.261. The van der Waals surface area contributed by atoms with Gasteiger partial charge < -0.3 is 10.6 Å². The summed E-state index contributed by atoms with van der Waals surface area (Å²) in [6, 6.07) is 3.94. The summed E-state index contributed by atoms with van der Waals surface area (Å²) >= 11 is 0.671. The molecule has 0 atom stereocenters. The van der Waals surface area contributed by atoms with Crippen LogP contribution < -0.4 is 10.6 Å². The molecule has 2 heterocycles. The van der Waals surface area contributed by atoms with Crippen molar-refractivity contribution in [2.24, 2.45) is 0 Å². The van der Waals surface area contributed by atoms with Crippen molar-refractivity contribution in [1.29, 1.82) is 5.26 Å². The van der Waals surface area contributed by atoms with E-state index in [2.05, 4.69) is 4.98 Å². The number of aromatic nitrogens is 1. The summed E-state index contributed by atoms with van der Waals surface area (Å²) in [4.78, 5) is 16.3. The molecule has 2 aromatic rings. The van der Waals surface area contributed by atoms with Crippen molar-refractivity contribution in [2.45, 2.75) is 43.7 Å². The summed E-state index contributed by atoms with van der Waals surface area (Å²) in [7, 11) is 0. The largest absolute Gasteiger partial charge is 0.439 e. The number of nitriles is 1. The predicted molar refractivity (Wildman–Crippen MR) is 95.8 cm³/mol. The maximum absolute atomic E-state index is 13.9. The van der Waals surface area contributed by atoms with Gasteiger partial charge in [-0.05, 0) is 43.4 Å². The van der Waals surface area contributed by atoms with Crippen molar-refractivity contribution in [1.82, 2.24) is 10.3 Å².